The molecule has 0 spiro atoms. The number of methoxy groups -OCH3 is 1. The van der Waals surface area contributed by atoms with Crippen LogP contribution in [0, 0.1) is 11.7 Å². The highest BCUT2D eigenvalue weighted by Crippen LogP contribution is 2.41. The zero-order chi connectivity index (χ0) is 23.5. The van der Waals surface area contributed by atoms with Crippen molar-refractivity contribution in [2.75, 3.05) is 13.4 Å². The van der Waals surface area contributed by atoms with E-state index in [1.165, 1.54) is 30.6 Å². The van der Waals surface area contributed by atoms with Gasteiger partial charge in [0.1, 0.15) is 11.9 Å². The third-order valence-electron chi connectivity index (χ3n) is 5.84. The van der Waals surface area contributed by atoms with Crippen LogP contribution in [0.3, 0.4) is 0 Å². The molecular weight excluding hydrogens is 487 g/mol. The monoisotopic (exact) mass is 510 g/mol. The summed E-state index contributed by atoms with van der Waals surface area (Å²) in [5, 5.41) is 6.06. The normalized spacial score (nSPS) is 24.1. The van der Waals surface area contributed by atoms with Crippen LogP contribution in [0.25, 0.3) is 0 Å². The SMILES string of the molecule is COC(=O)C1=C(C2CCC(NS(C)=O)CC2)NC(c2nccs2)=NC1c1ccc(F)cc1Cl. The minimum atomic E-state index is -1.08. The van der Waals surface area contributed by atoms with E-state index in [-0.39, 0.29) is 17.0 Å². The van der Waals surface area contributed by atoms with Gasteiger partial charge in [-0.05, 0) is 43.7 Å². The van der Waals surface area contributed by atoms with Gasteiger partial charge in [-0.3, -0.25) is 4.99 Å². The summed E-state index contributed by atoms with van der Waals surface area (Å²) in [6.45, 7) is 0. The van der Waals surface area contributed by atoms with Gasteiger partial charge < -0.3 is 10.1 Å². The number of rotatable bonds is 6. The number of ether oxygens (including phenoxy) is 1. The van der Waals surface area contributed by atoms with E-state index in [1.807, 2.05) is 5.38 Å². The Bertz CT molecular complexity index is 1110. The van der Waals surface area contributed by atoms with Crippen LogP contribution in [0.2, 0.25) is 5.02 Å². The third kappa shape index (κ3) is 5.34. The Hall–Kier alpha value is -2.14. The molecule has 176 valence electrons. The lowest BCUT2D eigenvalue weighted by molar-refractivity contribution is -0.136. The number of esters is 1. The summed E-state index contributed by atoms with van der Waals surface area (Å²) >= 11 is 7.82. The maximum absolute atomic E-state index is 13.8. The standard InChI is InChI=1S/C22H24ClFN4O3S2/c1-31-22(29)17-18(12-3-6-14(7-4-12)28-33(2)30)26-20(21-25-9-10-32-21)27-19(17)15-8-5-13(24)11-16(15)23/h5,8-12,14,19,28H,3-4,6-7H2,1-2H3,(H,26,27). The van der Waals surface area contributed by atoms with Crippen molar-refractivity contribution in [1.29, 1.82) is 0 Å². The first-order valence-electron chi connectivity index (χ1n) is 10.5. The lowest BCUT2D eigenvalue weighted by atomic mass is 9.80. The predicted octanol–water partition coefficient (Wildman–Crippen LogP) is 3.90. The summed E-state index contributed by atoms with van der Waals surface area (Å²) in [4.78, 5) is 22.2. The Balaban J connectivity index is 1.77. The fourth-order valence-corrected chi connectivity index (χ4v) is 5.92. The van der Waals surface area contributed by atoms with Crippen LogP contribution in [-0.2, 0) is 20.5 Å². The molecule has 0 radical (unpaired) electrons. The highest BCUT2D eigenvalue weighted by Gasteiger charge is 2.37. The van der Waals surface area contributed by atoms with E-state index in [0.717, 1.165) is 31.4 Å². The quantitative estimate of drug-likeness (QED) is 0.575. The first kappa shape index (κ1) is 24.0. The molecule has 2 atom stereocenters. The molecule has 1 aromatic carbocycles. The molecule has 1 aliphatic heterocycles. The molecule has 1 fully saturated rings. The van der Waals surface area contributed by atoms with Crippen molar-refractivity contribution in [3.63, 3.8) is 0 Å². The van der Waals surface area contributed by atoms with Gasteiger partial charge in [0.05, 0.1) is 23.7 Å². The number of benzene rings is 1. The Morgan fingerprint density at radius 1 is 1.33 bits per heavy atom. The van der Waals surface area contributed by atoms with Crippen molar-refractivity contribution >= 4 is 45.7 Å². The average Bonchev–Trinajstić information content (AvgIpc) is 3.33. The van der Waals surface area contributed by atoms with Crippen LogP contribution < -0.4 is 10.0 Å². The number of hydrogen-bond donors (Lipinski definition) is 2. The molecule has 2 N–H and O–H groups in total. The second-order valence-electron chi connectivity index (χ2n) is 7.95. The van der Waals surface area contributed by atoms with Crippen LogP contribution in [-0.4, -0.2) is 40.4 Å². The summed E-state index contributed by atoms with van der Waals surface area (Å²) in [5.41, 5.74) is 1.61. The molecule has 33 heavy (non-hydrogen) atoms. The third-order valence-corrected chi connectivity index (χ3v) is 7.61. The van der Waals surface area contributed by atoms with Crippen molar-refractivity contribution < 1.29 is 18.1 Å². The summed E-state index contributed by atoms with van der Waals surface area (Å²) < 4.78 is 33.5. The highest BCUT2D eigenvalue weighted by molar-refractivity contribution is 7.82. The average molecular weight is 511 g/mol. The van der Waals surface area contributed by atoms with Gasteiger partial charge in [-0.15, -0.1) is 11.3 Å². The van der Waals surface area contributed by atoms with Gasteiger partial charge in [-0.25, -0.2) is 23.1 Å². The largest absolute Gasteiger partial charge is 0.466 e. The van der Waals surface area contributed by atoms with Crippen LogP contribution in [0.4, 0.5) is 4.39 Å². The van der Waals surface area contributed by atoms with E-state index < -0.39 is 28.8 Å². The summed E-state index contributed by atoms with van der Waals surface area (Å²) in [5.74, 6) is -0.410. The van der Waals surface area contributed by atoms with Gasteiger partial charge in [-0.1, -0.05) is 17.7 Å². The smallest absolute Gasteiger partial charge is 0.338 e. The topological polar surface area (TPSA) is 92.7 Å². The maximum atomic E-state index is 13.8. The van der Waals surface area contributed by atoms with Gasteiger partial charge >= 0.3 is 5.97 Å². The second kappa shape index (κ2) is 10.4. The first-order valence-corrected chi connectivity index (χ1v) is 13.3. The van der Waals surface area contributed by atoms with Crippen molar-refractivity contribution in [2.24, 2.45) is 10.9 Å². The van der Waals surface area contributed by atoms with Crippen LogP contribution in [0.1, 0.15) is 42.3 Å². The number of carbonyl (C=O) groups excluding carboxylic acids is 1. The number of thiazole rings is 1. The van der Waals surface area contributed by atoms with Gasteiger partial charge in [-0.2, -0.15) is 0 Å². The lowest BCUT2D eigenvalue weighted by Gasteiger charge is -2.35. The lowest BCUT2D eigenvalue weighted by Crippen LogP contribution is -2.40. The van der Waals surface area contributed by atoms with Crippen LogP contribution in [0.15, 0.2) is 46.0 Å². The fraction of sp³-hybridized carbons (Fsp3) is 0.409. The van der Waals surface area contributed by atoms with E-state index in [4.69, 9.17) is 21.3 Å². The van der Waals surface area contributed by atoms with Crippen molar-refractivity contribution in [1.82, 2.24) is 15.0 Å². The first-order chi connectivity index (χ1) is 15.9. The van der Waals surface area contributed by atoms with Crippen molar-refractivity contribution in [2.45, 2.75) is 37.8 Å². The molecule has 1 aromatic heterocycles. The number of halogens is 2. The predicted molar refractivity (Wildman–Crippen MR) is 128 cm³/mol. The minimum absolute atomic E-state index is 0.0367. The van der Waals surface area contributed by atoms with Gasteiger partial charge in [0, 0.05) is 40.2 Å². The van der Waals surface area contributed by atoms with E-state index in [9.17, 15) is 13.4 Å². The molecule has 2 aromatic rings. The summed E-state index contributed by atoms with van der Waals surface area (Å²) in [6.07, 6.45) is 6.51. The molecule has 0 bridgehead atoms. The molecule has 2 heterocycles. The number of hydrogen-bond acceptors (Lipinski definition) is 7. The number of nitrogens with one attached hydrogen (secondary N) is 2. The molecule has 11 heteroatoms. The highest BCUT2D eigenvalue weighted by atomic mass is 35.5. The fourth-order valence-electron chi connectivity index (χ4n) is 4.35. The van der Waals surface area contributed by atoms with E-state index >= 15 is 0 Å². The van der Waals surface area contributed by atoms with Crippen LogP contribution in [0.5, 0.6) is 0 Å². The summed E-state index contributed by atoms with van der Waals surface area (Å²) in [7, 11) is 0.248. The van der Waals surface area contributed by atoms with E-state index in [0.29, 0.717) is 22.0 Å². The molecular formula is C22H24ClFN4O3S2. The molecule has 7 nitrogen and oxygen atoms in total. The van der Waals surface area contributed by atoms with Gasteiger partial charge in [0.2, 0.25) is 0 Å². The number of aliphatic imine (C=N–C) groups is 1. The van der Waals surface area contributed by atoms with Crippen molar-refractivity contribution in [3.05, 3.63) is 62.5 Å². The molecule has 4 rings (SSSR count). The second-order valence-corrected chi connectivity index (χ2v) is 10.4. The summed E-state index contributed by atoms with van der Waals surface area (Å²) in [6, 6.07) is 3.47. The van der Waals surface area contributed by atoms with Gasteiger partial charge in [0.15, 0.2) is 10.8 Å². The number of carbonyl (C=O) groups is 1. The minimum Gasteiger partial charge on any atom is -0.466 e. The molecule has 2 aliphatic rings. The Morgan fingerprint density at radius 3 is 2.70 bits per heavy atom. The van der Waals surface area contributed by atoms with Gasteiger partial charge in [0.25, 0.3) is 0 Å². The zero-order valence-electron chi connectivity index (χ0n) is 18.1. The zero-order valence-corrected chi connectivity index (χ0v) is 20.5. The Kier molecular flexibility index (Phi) is 7.58. The number of allylic oxidation sites excluding steroid dienone is 1. The molecule has 1 saturated carbocycles. The maximum Gasteiger partial charge on any atom is 0.338 e. The number of aromatic nitrogens is 1. The Morgan fingerprint density at radius 2 is 2.09 bits per heavy atom. The number of nitrogens with zero attached hydrogens (tertiary/aromatic N) is 2. The van der Waals surface area contributed by atoms with Crippen LogP contribution >= 0.6 is 22.9 Å². The van der Waals surface area contributed by atoms with E-state index in [2.05, 4.69) is 15.0 Å². The molecule has 2 unspecified atom stereocenters. The number of amidine groups is 1. The molecule has 0 saturated heterocycles. The van der Waals surface area contributed by atoms with Crippen molar-refractivity contribution in [3.8, 4) is 0 Å². The molecule has 0 amide bonds. The molecule has 1 aliphatic carbocycles. The Labute approximate surface area is 203 Å². The van der Waals surface area contributed by atoms with E-state index in [1.54, 1.807) is 18.5 Å².